The second-order valence-electron chi connectivity index (χ2n) is 2.82. The van der Waals surface area contributed by atoms with Crippen molar-refractivity contribution < 1.29 is 4.42 Å². The Bertz CT molecular complexity index is 378. The summed E-state index contributed by atoms with van der Waals surface area (Å²) in [5, 5.41) is 3.08. The highest BCUT2D eigenvalue weighted by Crippen LogP contribution is 2.28. The van der Waals surface area contributed by atoms with Gasteiger partial charge in [0.2, 0.25) is 0 Å². The van der Waals surface area contributed by atoms with E-state index in [4.69, 9.17) is 4.42 Å². The summed E-state index contributed by atoms with van der Waals surface area (Å²) in [6, 6.07) is 10.2. The molecule has 0 spiro atoms. The molecule has 0 fully saturated rings. The molecule has 0 unspecified atom stereocenters. The molecule has 1 aromatic heterocycles. The minimum absolute atomic E-state index is 1.02. The van der Waals surface area contributed by atoms with Gasteiger partial charge in [0, 0.05) is 12.6 Å². The number of hydrogen-bond donors (Lipinski definition) is 1. The van der Waals surface area contributed by atoms with Crippen LogP contribution in [-0.2, 0) is 0 Å². The summed E-state index contributed by atoms with van der Waals surface area (Å²) >= 11 is 0. The van der Waals surface area contributed by atoms with Gasteiger partial charge >= 0.3 is 0 Å². The predicted octanol–water partition coefficient (Wildman–Crippen LogP) is 2.99. The molecule has 0 bridgehead atoms. The minimum atomic E-state index is 1.02. The van der Waals surface area contributed by atoms with Gasteiger partial charge in [-0.25, -0.2) is 0 Å². The van der Waals surface area contributed by atoms with Gasteiger partial charge in [-0.3, -0.25) is 0 Å². The molecule has 0 saturated heterocycles. The lowest BCUT2D eigenvalue weighted by Gasteiger charge is -2.00. The van der Waals surface area contributed by atoms with Crippen molar-refractivity contribution in [2.75, 3.05) is 12.4 Å². The molecule has 0 saturated carbocycles. The Morgan fingerprint density at radius 2 is 1.85 bits per heavy atom. The van der Waals surface area contributed by atoms with E-state index in [1.807, 2.05) is 25.2 Å². The van der Waals surface area contributed by atoms with Gasteiger partial charge in [0.05, 0.1) is 5.69 Å². The Balaban J connectivity index is 2.47. The lowest BCUT2D eigenvalue weighted by molar-refractivity contribution is 0.569. The molecule has 2 aromatic rings. The van der Waals surface area contributed by atoms with Gasteiger partial charge in [-0.2, -0.15) is 0 Å². The summed E-state index contributed by atoms with van der Waals surface area (Å²) in [7, 11) is 1.89. The van der Waals surface area contributed by atoms with Crippen molar-refractivity contribution in [1.82, 2.24) is 0 Å². The van der Waals surface area contributed by atoms with Gasteiger partial charge in [-0.05, 0) is 5.56 Å². The number of hydrogen-bond acceptors (Lipinski definition) is 2. The van der Waals surface area contributed by atoms with E-state index in [9.17, 15) is 0 Å². The molecule has 0 aliphatic rings. The summed E-state index contributed by atoms with van der Waals surface area (Å²) < 4.78 is 5.13. The monoisotopic (exact) mass is 173 g/mol. The van der Waals surface area contributed by atoms with Gasteiger partial charge < -0.3 is 9.73 Å². The maximum Gasteiger partial charge on any atom is 0.114 e. The Morgan fingerprint density at radius 3 is 2.54 bits per heavy atom. The summed E-state index contributed by atoms with van der Waals surface area (Å²) in [5.74, 6) is 0. The first-order chi connectivity index (χ1) is 6.42. The minimum Gasteiger partial charge on any atom is -0.470 e. The molecule has 66 valence electrons. The van der Waals surface area contributed by atoms with Crippen LogP contribution in [0.1, 0.15) is 0 Å². The zero-order valence-electron chi connectivity index (χ0n) is 7.45. The van der Waals surface area contributed by atoms with Crippen LogP contribution in [0.4, 0.5) is 5.69 Å². The van der Waals surface area contributed by atoms with Crippen molar-refractivity contribution in [2.24, 2.45) is 0 Å². The van der Waals surface area contributed by atoms with Crippen molar-refractivity contribution in [3.05, 3.63) is 42.9 Å². The van der Waals surface area contributed by atoms with Crippen LogP contribution in [0.15, 0.2) is 47.3 Å². The molecule has 0 aliphatic heterocycles. The third-order valence-corrected chi connectivity index (χ3v) is 2.02. The first-order valence-electron chi connectivity index (χ1n) is 4.21. The van der Waals surface area contributed by atoms with E-state index >= 15 is 0 Å². The molecule has 2 rings (SSSR count). The van der Waals surface area contributed by atoms with E-state index in [0.717, 1.165) is 11.3 Å². The molecule has 2 nitrogen and oxygen atoms in total. The molecular formula is C11H11NO. The Hall–Kier alpha value is -1.70. The number of anilines is 1. The van der Waals surface area contributed by atoms with E-state index in [-0.39, 0.29) is 0 Å². The molecule has 1 aromatic carbocycles. The highest BCUT2D eigenvalue weighted by molar-refractivity contribution is 5.76. The lowest BCUT2D eigenvalue weighted by Crippen LogP contribution is -1.86. The van der Waals surface area contributed by atoms with Gasteiger partial charge in [-0.1, -0.05) is 30.3 Å². The first-order valence-corrected chi connectivity index (χ1v) is 4.21. The molecule has 0 aliphatic carbocycles. The zero-order chi connectivity index (χ0) is 9.10. The summed E-state index contributed by atoms with van der Waals surface area (Å²) in [6.45, 7) is 0. The Kier molecular flexibility index (Phi) is 2.04. The van der Waals surface area contributed by atoms with E-state index in [2.05, 4.69) is 17.4 Å². The Morgan fingerprint density at radius 1 is 1.08 bits per heavy atom. The topological polar surface area (TPSA) is 25.2 Å². The van der Waals surface area contributed by atoms with E-state index in [0.29, 0.717) is 0 Å². The van der Waals surface area contributed by atoms with Gasteiger partial charge in [0.15, 0.2) is 0 Å². The van der Waals surface area contributed by atoms with Crippen molar-refractivity contribution >= 4 is 5.69 Å². The molecule has 0 amide bonds. The van der Waals surface area contributed by atoms with Crippen LogP contribution in [0.3, 0.4) is 0 Å². The van der Waals surface area contributed by atoms with Crippen LogP contribution in [0.5, 0.6) is 0 Å². The number of nitrogens with one attached hydrogen (secondary N) is 1. The van der Waals surface area contributed by atoms with E-state index in [1.54, 1.807) is 12.5 Å². The molecule has 13 heavy (non-hydrogen) atoms. The quantitative estimate of drug-likeness (QED) is 0.755. The third-order valence-electron chi connectivity index (χ3n) is 2.02. The highest BCUT2D eigenvalue weighted by Gasteiger charge is 2.04. The zero-order valence-corrected chi connectivity index (χ0v) is 7.45. The van der Waals surface area contributed by atoms with Crippen molar-refractivity contribution in [2.45, 2.75) is 0 Å². The van der Waals surface area contributed by atoms with Gasteiger partial charge in [-0.15, -0.1) is 0 Å². The number of rotatable bonds is 2. The van der Waals surface area contributed by atoms with Crippen molar-refractivity contribution in [3.8, 4) is 11.1 Å². The number of benzene rings is 1. The van der Waals surface area contributed by atoms with Crippen LogP contribution < -0.4 is 5.32 Å². The predicted molar refractivity (Wildman–Crippen MR) is 53.7 cm³/mol. The second-order valence-corrected chi connectivity index (χ2v) is 2.82. The van der Waals surface area contributed by atoms with E-state index in [1.165, 1.54) is 5.56 Å². The van der Waals surface area contributed by atoms with Crippen molar-refractivity contribution in [3.63, 3.8) is 0 Å². The fourth-order valence-electron chi connectivity index (χ4n) is 1.33. The summed E-state index contributed by atoms with van der Waals surface area (Å²) in [6.07, 6.45) is 3.46. The molecule has 0 atom stereocenters. The van der Waals surface area contributed by atoms with E-state index < -0.39 is 0 Å². The summed E-state index contributed by atoms with van der Waals surface area (Å²) in [4.78, 5) is 0. The van der Waals surface area contributed by atoms with Crippen molar-refractivity contribution in [1.29, 1.82) is 0 Å². The first kappa shape index (κ1) is 7.92. The molecule has 2 heteroatoms. The molecule has 1 N–H and O–H groups in total. The standard InChI is InChI=1S/C11H11NO/c1-12-11-8-13-7-10(11)9-5-3-2-4-6-9/h2-8,12H,1H3. The fraction of sp³-hybridized carbons (Fsp3) is 0.0909. The maximum atomic E-state index is 5.13. The molecular weight excluding hydrogens is 162 g/mol. The maximum absolute atomic E-state index is 5.13. The normalized spacial score (nSPS) is 9.92. The highest BCUT2D eigenvalue weighted by atomic mass is 16.3. The van der Waals surface area contributed by atoms with Crippen LogP contribution in [-0.4, -0.2) is 7.05 Å². The summed E-state index contributed by atoms with van der Waals surface area (Å²) in [5.41, 5.74) is 3.29. The molecule has 1 heterocycles. The SMILES string of the molecule is CNc1cocc1-c1ccccc1. The van der Waals surface area contributed by atoms with Crippen LogP contribution in [0.2, 0.25) is 0 Å². The van der Waals surface area contributed by atoms with Gasteiger partial charge in [0.1, 0.15) is 12.5 Å². The average molecular weight is 173 g/mol. The fourth-order valence-corrected chi connectivity index (χ4v) is 1.33. The van der Waals surface area contributed by atoms with Crippen LogP contribution in [0.25, 0.3) is 11.1 Å². The van der Waals surface area contributed by atoms with Crippen LogP contribution in [0, 0.1) is 0 Å². The largest absolute Gasteiger partial charge is 0.470 e. The average Bonchev–Trinajstić information content (AvgIpc) is 2.67. The smallest absolute Gasteiger partial charge is 0.114 e. The third kappa shape index (κ3) is 1.43. The van der Waals surface area contributed by atoms with Gasteiger partial charge in [0.25, 0.3) is 0 Å². The number of furan rings is 1. The Labute approximate surface area is 77.2 Å². The lowest BCUT2D eigenvalue weighted by atomic mass is 10.1. The van der Waals surface area contributed by atoms with Crippen LogP contribution >= 0.6 is 0 Å². The second kappa shape index (κ2) is 3.35. The molecule has 0 radical (unpaired) electrons.